The third-order valence-corrected chi connectivity index (χ3v) is 4.10. The molecule has 5 heteroatoms. The topological polar surface area (TPSA) is 39.1 Å². The van der Waals surface area contributed by atoms with E-state index in [1.165, 1.54) is 5.56 Å². The number of nitrogens with one attached hydrogen (secondary N) is 1. The molecule has 1 aromatic heterocycles. The van der Waals surface area contributed by atoms with Crippen molar-refractivity contribution in [2.24, 2.45) is 7.05 Å². The monoisotopic (exact) mass is 307 g/mol. The van der Waals surface area contributed by atoms with Gasteiger partial charge in [-0.05, 0) is 31.2 Å². The predicted molar refractivity (Wildman–Crippen MR) is 86.1 cm³/mol. The minimum absolute atomic E-state index is 0.178. The van der Waals surface area contributed by atoms with E-state index in [2.05, 4.69) is 29.5 Å². The Morgan fingerprint density at radius 3 is 2.76 bits per heavy atom. The van der Waals surface area contributed by atoms with Gasteiger partial charge in [-0.25, -0.2) is 0 Å². The number of rotatable bonds is 6. The molecular formula is C16H22ClN3O. The van der Waals surface area contributed by atoms with Gasteiger partial charge in [0.1, 0.15) is 5.75 Å². The Morgan fingerprint density at radius 1 is 1.43 bits per heavy atom. The van der Waals surface area contributed by atoms with E-state index < -0.39 is 0 Å². The summed E-state index contributed by atoms with van der Waals surface area (Å²) in [7, 11) is 3.62. The van der Waals surface area contributed by atoms with Crippen molar-refractivity contribution in [3.8, 4) is 5.75 Å². The Morgan fingerprint density at radius 2 is 2.19 bits per heavy atom. The van der Waals surface area contributed by atoms with Crippen LogP contribution in [0.15, 0.2) is 24.3 Å². The van der Waals surface area contributed by atoms with Crippen molar-refractivity contribution in [1.29, 1.82) is 0 Å². The van der Waals surface area contributed by atoms with E-state index in [1.807, 2.05) is 30.8 Å². The van der Waals surface area contributed by atoms with E-state index in [-0.39, 0.29) is 6.04 Å². The smallest absolute Gasteiger partial charge is 0.119 e. The van der Waals surface area contributed by atoms with Gasteiger partial charge < -0.3 is 10.1 Å². The fourth-order valence-electron chi connectivity index (χ4n) is 2.51. The van der Waals surface area contributed by atoms with Crippen molar-refractivity contribution in [3.05, 3.63) is 46.2 Å². The summed E-state index contributed by atoms with van der Waals surface area (Å²) >= 11 is 6.37. The number of methoxy groups -OCH3 is 1. The molecule has 1 atom stereocenters. The molecule has 0 saturated heterocycles. The predicted octanol–water partition coefficient (Wildman–Crippen LogP) is 3.28. The molecule has 0 spiro atoms. The zero-order chi connectivity index (χ0) is 15.4. The van der Waals surface area contributed by atoms with Gasteiger partial charge in [0.25, 0.3) is 0 Å². The molecule has 4 nitrogen and oxygen atoms in total. The lowest BCUT2D eigenvalue weighted by atomic mass is 10.0. The summed E-state index contributed by atoms with van der Waals surface area (Å²) in [6, 6.07) is 8.30. The molecule has 0 radical (unpaired) electrons. The van der Waals surface area contributed by atoms with E-state index in [0.717, 1.165) is 35.1 Å². The number of halogens is 1. The molecule has 1 N–H and O–H groups in total. The molecule has 1 unspecified atom stereocenters. The second kappa shape index (κ2) is 6.96. The second-order valence-corrected chi connectivity index (χ2v) is 5.44. The summed E-state index contributed by atoms with van der Waals surface area (Å²) in [6.07, 6.45) is 0.789. The van der Waals surface area contributed by atoms with Gasteiger partial charge >= 0.3 is 0 Å². The number of hydrogen-bond donors (Lipinski definition) is 1. The summed E-state index contributed by atoms with van der Waals surface area (Å²) in [5.41, 5.74) is 3.10. The fourth-order valence-corrected chi connectivity index (χ4v) is 2.74. The number of hydrogen-bond acceptors (Lipinski definition) is 3. The zero-order valence-electron chi connectivity index (χ0n) is 13.0. The van der Waals surface area contributed by atoms with Gasteiger partial charge in [0.15, 0.2) is 0 Å². The van der Waals surface area contributed by atoms with Gasteiger partial charge in [-0.1, -0.05) is 30.7 Å². The van der Waals surface area contributed by atoms with Crippen molar-refractivity contribution < 1.29 is 4.74 Å². The first-order valence-corrected chi connectivity index (χ1v) is 7.49. The normalized spacial score (nSPS) is 12.4. The number of ether oxygens (including phenoxy) is 1. The van der Waals surface area contributed by atoms with Crippen LogP contribution in [0.25, 0.3) is 0 Å². The number of nitrogens with zero attached hydrogens (tertiary/aromatic N) is 2. The van der Waals surface area contributed by atoms with Crippen LogP contribution in [-0.2, 0) is 13.5 Å². The Balaban J connectivity index is 2.30. The molecule has 0 aliphatic heterocycles. The summed E-state index contributed by atoms with van der Waals surface area (Å²) < 4.78 is 7.18. The average molecular weight is 308 g/mol. The van der Waals surface area contributed by atoms with E-state index >= 15 is 0 Å². The maximum atomic E-state index is 6.37. The Kier molecular flexibility index (Phi) is 5.26. The van der Waals surface area contributed by atoms with E-state index in [4.69, 9.17) is 16.3 Å². The third-order valence-electron chi connectivity index (χ3n) is 3.61. The molecule has 0 fully saturated rings. The fraction of sp³-hybridized carbons (Fsp3) is 0.438. The Hall–Kier alpha value is -1.52. The van der Waals surface area contributed by atoms with Gasteiger partial charge in [0.05, 0.1) is 23.5 Å². The standard InChI is InChI=1S/C16H22ClN3O/c1-5-18-14(12-7-6-8-13(9-12)21-4)10-15-16(17)11(2)19-20(15)3/h6-9,14,18H,5,10H2,1-4H3. The van der Waals surface area contributed by atoms with Gasteiger partial charge in [0, 0.05) is 19.5 Å². The number of aryl methyl sites for hydroxylation is 2. The van der Waals surface area contributed by atoms with Crippen LogP contribution in [-0.4, -0.2) is 23.4 Å². The summed E-state index contributed by atoms with van der Waals surface area (Å²) in [5.74, 6) is 0.864. The molecule has 0 aliphatic carbocycles. The van der Waals surface area contributed by atoms with E-state index in [1.54, 1.807) is 7.11 Å². The summed E-state index contributed by atoms with van der Waals surface area (Å²) in [4.78, 5) is 0. The Labute approximate surface area is 131 Å². The van der Waals surface area contributed by atoms with E-state index in [9.17, 15) is 0 Å². The van der Waals surface area contributed by atoms with Crippen molar-refractivity contribution in [2.75, 3.05) is 13.7 Å². The number of likely N-dealkylation sites (N-methyl/N-ethyl adjacent to an activating group) is 1. The molecule has 2 aromatic rings. The highest BCUT2D eigenvalue weighted by atomic mass is 35.5. The van der Waals surface area contributed by atoms with Gasteiger partial charge in [-0.15, -0.1) is 0 Å². The van der Waals surface area contributed by atoms with Crippen LogP contribution >= 0.6 is 11.6 Å². The molecule has 114 valence electrons. The minimum Gasteiger partial charge on any atom is -0.497 e. The highest BCUT2D eigenvalue weighted by Gasteiger charge is 2.18. The lowest BCUT2D eigenvalue weighted by Gasteiger charge is -2.19. The summed E-state index contributed by atoms with van der Waals surface area (Å²) in [5, 5.41) is 8.64. The van der Waals surface area contributed by atoms with Crippen molar-refractivity contribution in [1.82, 2.24) is 15.1 Å². The lowest BCUT2D eigenvalue weighted by Crippen LogP contribution is -2.24. The van der Waals surface area contributed by atoms with Gasteiger partial charge in [-0.2, -0.15) is 5.10 Å². The van der Waals surface area contributed by atoms with Crippen LogP contribution in [0.5, 0.6) is 5.75 Å². The van der Waals surface area contributed by atoms with Gasteiger partial charge in [-0.3, -0.25) is 4.68 Å². The third kappa shape index (κ3) is 3.57. The van der Waals surface area contributed by atoms with Crippen LogP contribution in [0.2, 0.25) is 5.02 Å². The largest absolute Gasteiger partial charge is 0.497 e. The summed E-state index contributed by atoms with van der Waals surface area (Å²) in [6.45, 7) is 4.92. The first-order valence-electron chi connectivity index (χ1n) is 7.12. The molecule has 1 heterocycles. The first-order chi connectivity index (χ1) is 10.1. The molecule has 21 heavy (non-hydrogen) atoms. The number of benzene rings is 1. The first kappa shape index (κ1) is 15.9. The van der Waals surface area contributed by atoms with Crippen LogP contribution in [0, 0.1) is 6.92 Å². The Bertz CT molecular complexity index is 610. The van der Waals surface area contributed by atoms with Crippen LogP contribution in [0.4, 0.5) is 0 Å². The average Bonchev–Trinajstić information content (AvgIpc) is 2.73. The van der Waals surface area contributed by atoms with Crippen molar-refractivity contribution in [2.45, 2.75) is 26.3 Å². The van der Waals surface area contributed by atoms with Crippen LogP contribution in [0.1, 0.15) is 29.9 Å². The maximum absolute atomic E-state index is 6.37. The maximum Gasteiger partial charge on any atom is 0.119 e. The molecule has 0 saturated carbocycles. The zero-order valence-corrected chi connectivity index (χ0v) is 13.7. The molecule has 2 rings (SSSR count). The van der Waals surface area contributed by atoms with Crippen LogP contribution in [0.3, 0.4) is 0 Å². The molecule has 0 aliphatic rings. The van der Waals surface area contributed by atoms with Crippen LogP contribution < -0.4 is 10.1 Å². The van der Waals surface area contributed by atoms with E-state index in [0.29, 0.717) is 0 Å². The lowest BCUT2D eigenvalue weighted by molar-refractivity contribution is 0.412. The molecule has 0 bridgehead atoms. The number of aromatic nitrogens is 2. The van der Waals surface area contributed by atoms with Crippen molar-refractivity contribution >= 4 is 11.6 Å². The molecule has 0 amide bonds. The minimum atomic E-state index is 0.178. The van der Waals surface area contributed by atoms with Gasteiger partial charge in [0.2, 0.25) is 0 Å². The molecule has 1 aromatic carbocycles. The second-order valence-electron chi connectivity index (χ2n) is 5.06. The van der Waals surface area contributed by atoms with Crippen molar-refractivity contribution in [3.63, 3.8) is 0 Å². The highest BCUT2D eigenvalue weighted by Crippen LogP contribution is 2.27. The highest BCUT2D eigenvalue weighted by molar-refractivity contribution is 6.31. The molecular weight excluding hydrogens is 286 g/mol. The SMILES string of the molecule is CCNC(Cc1c(Cl)c(C)nn1C)c1cccc(OC)c1. The quantitative estimate of drug-likeness (QED) is 0.890.